The van der Waals surface area contributed by atoms with Crippen molar-refractivity contribution in [3.05, 3.63) is 47.8 Å². The van der Waals surface area contributed by atoms with Gasteiger partial charge in [-0.05, 0) is 35.7 Å². The van der Waals surface area contributed by atoms with Gasteiger partial charge in [-0.2, -0.15) is 5.10 Å². The van der Waals surface area contributed by atoms with Crippen LogP contribution in [0, 0.1) is 5.92 Å². The molecular formula is C22H24F2N6O2. The van der Waals surface area contributed by atoms with E-state index in [4.69, 9.17) is 5.73 Å². The lowest BCUT2D eigenvalue weighted by Gasteiger charge is -2.42. The molecule has 1 aliphatic heterocycles. The van der Waals surface area contributed by atoms with Crippen LogP contribution < -0.4 is 11.1 Å². The molecule has 3 heterocycles. The number of halogens is 2. The first-order chi connectivity index (χ1) is 15.2. The minimum Gasteiger partial charge on any atom is -0.383 e. The number of alkyl halides is 2. The Hall–Kier alpha value is -3.56. The standard InChI is InChI=1S/C22H24F2N6O2/c1-3-13-7-16(10-26-19(13)25)28-20(31)21(32)30-11-12(2)22(23,24)8-18(30)14-4-5-17-15(6-14)9-27-29-17/h4-7,9-10,12,18H,3,8,11H2,1-2H3,(H2,25,26)(H,27,29)(H,28,31)/t12-,18-/m1/s1. The second-order valence-corrected chi connectivity index (χ2v) is 8.13. The maximum atomic E-state index is 14.6. The van der Waals surface area contributed by atoms with Gasteiger partial charge in [0.05, 0.1) is 29.6 Å². The average molecular weight is 442 g/mol. The lowest BCUT2D eigenvalue weighted by atomic mass is 9.86. The van der Waals surface area contributed by atoms with Crippen molar-refractivity contribution in [2.45, 2.75) is 38.7 Å². The molecule has 2 atom stereocenters. The summed E-state index contributed by atoms with van der Waals surface area (Å²) in [6.45, 7) is 3.03. The Bertz CT molecular complexity index is 1180. The number of hydrogen-bond acceptors (Lipinski definition) is 5. The third-order valence-electron chi connectivity index (χ3n) is 5.98. The van der Waals surface area contributed by atoms with E-state index in [1.54, 1.807) is 30.5 Å². The van der Waals surface area contributed by atoms with Gasteiger partial charge < -0.3 is 16.0 Å². The van der Waals surface area contributed by atoms with Crippen molar-refractivity contribution >= 4 is 34.2 Å². The van der Waals surface area contributed by atoms with E-state index in [1.807, 2.05) is 6.92 Å². The quantitative estimate of drug-likeness (QED) is 0.538. The molecule has 4 rings (SSSR count). The largest absolute Gasteiger partial charge is 0.383 e. The molecule has 1 saturated heterocycles. The van der Waals surface area contributed by atoms with Crippen molar-refractivity contribution in [3.63, 3.8) is 0 Å². The van der Waals surface area contributed by atoms with Gasteiger partial charge in [-0.25, -0.2) is 13.8 Å². The summed E-state index contributed by atoms with van der Waals surface area (Å²) >= 11 is 0. The lowest BCUT2D eigenvalue weighted by Crippen LogP contribution is -2.52. The Labute approximate surface area is 183 Å². The zero-order valence-electron chi connectivity index (χ0n) is 17.7. The molecule has 4 N–H and O–H groups in total. The van der Waals surface area contributed by atoms with E-state index in [0.717, 1.165) is 16.5 Å². The van der Waals surface area contributed by atoms with Crippen molar-refractivity contribution in [1.82, 2.24) is 20.1 Å². The lowest BCUT2D eigenvalue weighted by molar-refractivity contribution is -0.159. The van der Waals surface area contributed by atoms with Gasteiger partial charge in [-0.3, -0.25) is 14.7 Å². The number of fused-ring (bicyclic) bond motifs is 1. The van der Waals surface area contributed by atoms with E-state index >= 15 is 0 Å². The number of H-pyrrole nitrogens is 1. The molecule has 10 heteroatoms. The van der Waals surface area contributed by atoms with E-state index in [1.165, 1.54) is 18.0 Å². The smallest absolute Gasteiger partial charge is 0.313 e. The molecule has 2 aromatic heterocycles. The molecule has 0 aliphatic carbocycles. The van der Waals surface area contributed by atoms with Crippen molar-refractivity contribution in [2.75, 3.05) is 17.6 Å². The van der Waals surface area contributed by atoms with Gasteiger partial charge in [0, 0.05) is 24.3 Å². The maximum Gasteiger partial charge on any atom is 0.313 e. The zero-order valence-corrected chi connectivity index (χ0v) is 17.7. The normalized spacial score (nSPS) is 20.3. The number of aromatic amines is 1. The Kier molecular flexibility index (Phi) is 5.53. The highest BCUT2D eigenvalue weighted by Crippen LogP contribution is 2.43. The molecule has 1 aliphatic rings. The molecule has 0 bridgehead atoms. The van der Waals surface area contributed by atoms with Gasteiger partial charge in [-0.1, -0.05) is 19.9 Å². The van der Waals surface area contributed by atoms with Crippen LogP contribution in [0.15, 0.2) is 36.7 Å². The number of nitrogens with one attached hydrogen (secondary N) is 2. The number of nitrogens with two attached hydrogens (primary N) is 1. The van der Waals surface area contributed by atoms with Crippen LogP contribution in [0.1, 0.15) is 37.4 Å². The number of piperidine rings is 1. The molecule has 2 amide bonds. The molecule has 1 fully saturated rings. The molecule has 32 heavy (non-hydrogen) atoms. The first-order valence-electron chi connectivity index (χ1n) is 10.4. The van der Waals surface area contributed by atoms with Crippen LogP contribution in [-0.4, -0.2) is 44.4 Å². The molecule has 0 unspecified atom stereocenters. The number of carbonyl (C=O) groups is 2. The molecule has 0 spiro atoms. The van der Waals surface area contributed by atoms with Crippen LogP contribution in [0.5, 0.6) is 0 Å². The number of likely N-dealkylation sites (tertiary alicyclic amines) is 1. The summed E-state index contributed by atoms with van der Waals surface area (Å²) in [5.41, 5.74) is 8.11. The van der Waals surface area contributed by atoms with Crippen LogP contribution in [0.2, 0.25) is 0 Å². The molecular weight excluding hydrogens is 418 g/mol. The van der Waals surface area contributed by atoms with Crippen molar-refractivity contribution in [2.24, 2.45) is 5.92 Å². The SMILES string of the molecule is CCc1cc(NC(=O)C(=O)N2C[C@@H](C)C(F)(F)C[C@@H]2c2ccc3[nH]ncc3c2)cnc1N. The fourth-order valence-electron chi connectivity index (χ4n) is 4.00. The number of aromatic nitrogens is 3. The second kappa shape index (κ2) is 8.18. The molecule has 168 valence electrons. The first-order valence-corrected chi connectivity index (χ1v) is 10.4. The first kappa shape index (κ1) is 21.7. The molecule has 0 saturated carbocycles. The Morgan fingerprint density at radius 2 is 2.09 bits per heavy atom. The average Bonchev–Trinajstić information content (AvgIpc) is 3.24. The highest BCUT2D eigenvalue weighted by molar-refractivity contribution is 6.39. The number of amides is 2. The summed E-state index contributed by atoms with van der Waals surface area (Å²) in [5.74, 6) is -5.50. The van der Waals surface area contributed by atoms with Crippen molar-refractivity contribution in [1.29, 1.82) is 0 Å². The Morgan fingerprint density at radius 3 is 2.84 bits per heavy atom. The number of pyridine rings is 1. The number of carbonyl (C=O) groups excluding carboxylic acids is 2. The summed E-state index contributed by atoms with van der Waals surface area (Å²) in [6, 6.07) is 5.81. The van der Waals surface area contributed by atoms with Crippen LogP contribution in [0.25, 0.3) is 10.9 Å². The topological polar surface area (TPSA) is 117 Å². The van der Waals surface area contributed by atoms with E-state index in [9.17, 15) is 18.4 Å². The van der Waals surface area contributed by atoms with Crippen LogP contribution in [-0.2, 0) is 16.0 Å². The molecule has 3 aromatic rings. The summed E-state index contributed by atoms with van der Waals surface area (Å²) < 4.78 is 29.2. The predicted molar refractivity (Wildman–Crippen MR) is 116 cm³/mol. The minimum atomic E-state index is -2.97. The summed E-state index contributed by atoms with van der Waals surface area (Å²) in [4.78, 5) is 31.1. The van der Waals surface area contributed by atoms with E-state index < -0.39 is 36.1 Å². The van der Waals surface area contributed by atoms with Gasteiger partial charge in [0.1, 0.15) is 5.82 Å². The highest BCUT2D eigenvalue weighted by atomic mass is 19.3. The van der Waals surface area contributed by atoms with Crippen LogP contribution in [0.4, 0.5) is 20.3 Å². The van der Waals surface area contributed by atoms with E-state index in [2.05, 4.69) is 20.5 Å². The highest BCUT2D eigenvalue weighted by Gasteiger charge is 2.48. The van der Waals surface area contributed by atoms with Gasteiger partial charge in [0.2, 0.25) is 0 Å². The fraction of sp³-hybridized carbons (Fsp3) is 0.364. The number of anilines is 2. The van der Waals surface area contributed by atoms with Gasteiger partial charge >= 0.3 is 11.8 Å². The Morgan fingerprint density at radius 1 is 1.31 bits per heavy atom. The number of aryl methyl sites for hydroxylation is 1. The maximum absolute atomic E-state index is 14.6. The van der Waals surface area contributed by atoms with Crippen molar-refractivity contribution in [3.8, 4) is 0 Å². The number of hydrogen-bond donors (Lipinski definition) is 3. The Balaban J connectivity index is 1.62. The van der Waals surface area contributed by atoms with Crippen molar-refractivity contribution < 1.29 is 18.4 Å². The van der Waals surface area contributed by atoms with Gasteiger partial charge in [0.15, 0.2) is 0 Å². The zero-order chi connectivity index (χ0) is 23.0. The summed E-state index contributed by atoms with van der Waals surface area (Å²) in [5, 5.41) is 10.0. The van der Waals surface area contributed by atoms with Gasteiger partial charge in [-0.15, -0.1) is 0 Å². The third-order valence-corrected chi connectivity index (χ3v) is 5.98. The summed E-state index contributed by atoms with van der Waals surface area (Å²) in [7, 11) is 0. The third kappa shape index (κ3) is 4.00. The number of nitrogens with zero attached hydrogens (tertiary/aromatic N) is 3. The summed E-state index contributed by atoms with van der Waals surface area (Å²) in [6.07, 6.45) is 2.98. The number of nitrogen functional groups attached to an aromatic ring is 1. The second-order valence-electron chi connectivity index (χ2n) is 8.13. The number of rotatable bonds is 3. The van der Waals surface area contributed by atoms with Crippen LogP contribution in [0.3, 0.4) is 0 Å². The predicted octanol–water partition coefficient (Wildman–Crippen LogP) is 3.29. The fourth-order valence-corrected chi connectivity index (χ4v) is 4.00. The number of benzene rings is 1. The van der Waals surface area contributed by atoms with E-state index in [0.29, 0.717) is 23.5 Å². The van der Waals surface area contributed by atoms with Gasteiger partial charge in [0.25, 0.3) is 5.92 Å². The van der Waals surface area contributed by atoms with Crippen LogP contribution >= 0.6 is 0 Å². The molecule has 1 aromatic carbocycles. The minimum absolute atomic E-state index is 0.243. The monoisotopic (exact) mass is 442 g/mol. The molecule has 8 nitrogen and oxygen atoms in total. The van der Waals surface area contributed by atoms with E-state index in [-0.39, 0.29) is 6.54 Å². The molecule has 0 radical (unpaired) electrons.